The van der Waals surface area contributed by atoms with Gasteiger partial charge in [-0.05, 0) is 55.2 Å². The molecule has 0 unspecified atom stereocenters. The summed E-state index contributed by atoms with van der Waals surface area (Å²) < 4.78 is 0. The van der Waals surface area contributed by atoms with Crippen molar-refractivity contribution in [2.24, 2.45) is 5.41 Å². The van der Waals surface area contributed by atoms with E-state index in [9.17, 15) is 15.2 Å². The maximum Gasteiger partial charge on any atom is 0.251 e. The number of nitrogens with one attached hydrogen (secondary N) is 1. The summed E-state index contributed by atoms with van der Waals surface area (Å²) >= 11 is 0. The molecule has 0 aliphatic heterocycles. The van der Waals surface area contributed by atoms with Crippen molar-refractivity contribution >= 4 is 5.91 Å². The Hall–Kier alpha value is -1.86. The number of nitriles is 1. The molecule has 2 N–H and O–H groups in total. The van der Waals surface area contributed by atoms with Crippen molar-refractivity contribution in [3.05, 3.63) is 35.4 Å². The molecule has 0 heterocycles. The first-order valence-electron chi connectivity index (χ1n) is 9.04. The van der Waals surface area contributed by atoms with Crippen LogP contribution in [0.2, 0.25) is 0 Å². The monoisotopic (exact) mass is 326 g/mol. The van der Waals surface area contributed by atoms with Gasteiger partial charge >= 0.3 is 0 Å². The molecule has 128 valence electrons. The van der Waals surface area contributed by atoms with E-state index in [0.717, 1.165) is 37.7 Å². The standard InChI is InChI=1S/C20H26N2O2/c21-14-20(10-11-20)17-6-4-16(5-7-17)18(24)22-15-19(12-13-23)8-2-1-3-9-19/h4-7,23H,1-3,8-13,15H2,(H,22,24). The summed E-state index contributed by atoms with van der Waals surface area (Å²) in [6.07, 6.45) is 8.37. The minimum Gasteiger partial charge on any atom is -0.396 e. The number of amides is 1. The Kier molecular flexibility index (Phi) is 4.91. The van der Waals surface area contributed by atoms with Crippen LogP contribution in [-0.4, -0.2) is 24.2 Å². The predicted octanol–water partition coefficient (Wildman–Crippen LogP) is 3.30. The van der Waals surface area contributed by atoms with Crippen molar-refractivity contribution in [3.63, 3.8) is 0 Å². The third kappa shape index (κ3) is 3.47. The van der Waals surface area contributed by atoms with Gasteiger partial charge in [-0.1, -0.05) is 31.4 Å². The maximum absolute atomic E-state index is 12.4. The van der Waals surface area contributed by atoms with Gasteiger partial charge in [-0.15, -0.1) is 0 Å². The molecule has 2 aliphatic rings. The molecule has 2 saturated carbocycles. The largest absolute Gasteiger partial charge is 0.396 e. The fourth-order valence-electron chi connectivity index (χ4n) is 3.95. The number of carbonyl (C=O) groups excluding carboxylic acids is 1. The minimum atomic E-state index is -0.303. The van der Waals surface area contributed by atoms with Crippen LogP contribution in [0.1, 0.15) is 67.3 Å². The SMILES string of the molecule is N#CC1(c2ccc(C(=O)NCC3(CCO)CCCCC3)cc2)CC1. The Morgan fingerprint density at radius 3 is 2.33 bits per heavy atom. The Morgan fingerprint density at radius 1 is 1.12 bits per heavy atom. The predicted molar refractivity (Wildman–Crippen MR) is 92.5 cm³/mol. The third-order valence-corrected chi connectivity index (χ3v) is 5.84. The van der Waals surface area contributed by atoms with Crippen LogP contribution in [0, 0.1) is 16.7 Å². The van der Waals surface area contributed by atoms with Gasteiger partial charge in [0.15, 0.2) is 0 Å². The number of benzene rings is 1. The highest BCUT2D eigenvalue weighted by molar-refractivity contribution is 5.94. The number of aliphatic hydroxyl groups is 1. The fourth-order valence-corrected chi connectivity index (χ4v) is 3.95. The Morgan fingerprint density at radius 2 is 1.79 bits per heavy atom. The average molecular weight is 326 g/mol. The second-order valence-electron chi connectivity index (χ2n) is 7.49. The van der Waals surface area contributed by atoms with Gasteiger partial charge in [-0.3, -0.25) is 4.79 Å². The molecule has 0 spiro atoms. The molecular formula is C20H26N2O2. The maximum atomic E-state index is 12.4. The van der Waals surface area contributed by atoms with Crippen molar-refractivity contribution in [1.82, 2.24) is 5.32 Å². The van der Waals surface area contributed by atoms with E-state index in [1.54, 1.807) is 0 Å². The van der Waals surface area contributed by atoms with Gasteiger partial charge in [0.05, 0.1) is 11.5 Å². The molecule has 0 saturated heterocycles. The summed E-state index contributed by atoms with van der Waals surface area (Å²) in [5.41, 5.74) is 1.41. The van der Waals surface area contributed by atoms with Crippen LogP contribution < -0.4 is 5.32 Å². The second-order valence-corrected chi connectivity index (χ2v) is 7.49. The first-order chi connectivity index (χ1) is 11.6. The number of aliphatic hydroxyl groups excluding tert-OH is 1. The van der Waals surface area contributed by atoms with Crippen LogP contribution in [0.5, 0.6) is 0 Å². The van der Waals surface area contributed by atoms with Crippen LogP contribution in [0.4, 0.5) is 0 Å². The lowest BCUT2D eigenvalue weighted by Crippen LogP contribution is -2.39. The van der Waals surface area contributed by atoms with Crippen LogP contribution in [0.25, 0.3) is 0 Å². The number of nitrogens with zero attached hydrogens (tertiary/aromatic N) is 1. The van der Waals surface area contributed by atoms with Gasteiger partial charge in [0.2, 0.25) is 0 Å². The molecule has 24 heavy (non-hydrogen) atoms. The van der Waals surface area contributed by atoms with Gasteiger partial charge in [-0.2, -0.15) is 5.26 Å². The molecule has 3 rings (SSSR count). The highest BCUT2D eigenvalue weighted by Crippen LogP contribution is 2.47. The van der Waals surface area contributed by atoms with Crippen LogP contribution in [0.3, 0.4) is 0 Å². The zero-order valence-electron chi connectivity index (χ0n) is 14.2. The van der Waals surface area contributed by atoms with Crippen molar-refractivity contribution in [1.29, 1.82) is 5.26 Å². The minimum absolute atomic E-state index is 0.0570. The highest BCUT2D eigenvalue weighted by Gasteiger charge is 2.44. The molecule has 1 amide bonds. The second kappa shape index (κ2) is 6.94. The van der Waals surface area contributed by atoms with Gasteiger partial charge in [0.25, 0.3) is 5.91 Å². The van der Waals surface area contributed by atoms with Gasteiger partial charge in [0.1, 0.15) is 0 Å². The number of hydrogen-bond donors (Lipinski definition) is 2. The fraction of sp³-hybridized carbons (Fsp3) is 0.600. The molecule has 0 radical (unpaired) electrons. The molecule has 2 aliphatic carbocycles. The topological polar surface area (TPSA) is 73.1 Å². The summed E-state index contributed by atoms with van der Waals surface area (Å²) in [6, 6.07) is 9.85. The number of rotatable bonds is 6. The Balaban J connectivity index is 1.61. The smallest absolute Gasteiger partial charge is 0.251 e. The summed E-state index contributed by atoms with van der Waals surface area (Å²) in [6.45, 7) is 0.817. The molecule has 0 bridgehead atoms. The lowest BCUT2D eigenvalue weighted by molar-refractivity contribution is 0.0869. The van der Waals surface area contributed by atoms with Crippen LogP contribution in [0.15, 0.2) is 24.3 Å². The molecule has 0 atom stereocenters. The van der Waals surface area contributed by atoms with E-state index in [4.69, 9.17) is 0 Å². The van der Waals surface area contributed by atoms with Crippen LogP contribution in [-0.2, 0) is 5.41 Å². The van der Waals surface area contributed by atoms with Gasteiger partial charge in [-0.25, -0.2) is 0 Å². The first-order valence-corrected chi connectivity index (χ1v) is 9.04. The molecule has 4 heteroatoms. The third-order valence-electron chi connectivity index (χ3n) is 5.84. The quantitative estimate of drug-likeness (QED) is 0.842. The molecular weight excluding hydrogens is 300 g/mol. The molecule has 4 nitrogen and oxygen atoms in total. The molecule has 2 fully saturated rings. The van der Waals surface area contributed by atoms with Gasteiger partial charge in [0, 0.05) is 18.7 Å². The summed E-state index contributed by atoms with van der Waals surface area (Å²) in [5, 5.41) is 21.7. The summed E-state index contributed by atoms with van der Waals surface area (Å²) in [7, 11) is 0. The zero-order valence-corrected chi connectivity index (χ0v) is 14.2. The Labute approximate surface area is 143 Å². The van der Waals surface area contributed by atoms with E-state index in [2.05, 4.69) is 11.4 Å². The summed E-state index contributed by atoms with van der Waals surface area (Å²) in [4.78, 5) is 12.4. The molecule has 1 aromatic carbocycles. The summed E-state index contributed by atoms with van der Waals surface area (Å²) in [5.74, 6) is -0.0637. The van der Waals surface area contributed by atoms with Crippen molar-refractivity contribution in [2.75, 3.05) is 13.2 Å². The van der Waals surface area contributed by atoms with Crippen LogP contribution >= 0.6 is 0 Å². The van der Waals surface area contributed by atoms with E-state index in [1.807, 2.05) is 24.3 Å². The number of carbonyl (C=O) groups is 1. The molecule has 1 aromatic rings. The van der Waals surface area contributed by atoms with E-state index in [-0.39, 0.29) is 23.3 Å². The first kappa shape index (κ1) is 17.0. The van der Waals surface area contributed by atoms with E-state index in [1.165, 1.54) is 19.3 Å². The normalized spacial score (nSPS) is 20.8. The van der Waals surface area contributed by atoms with E-state index < -0.39 is 0 Å². The lowest BCUT2D eigenvalue weighted by atomic mass is 9.72. The van der Waals surface area contributed by atoms with Gasteiger partial charge < -0.3 is 10.4 Å². The van der Waals surface area contributed by atoms with Crippen molar-refractivity contribution in [3.8, 4) is 6.07 Å². The van der Waals surface area contributed by atoms with Crippen molar-refractivity contribution in [2.45, 2.75) is 56.8 Å². The molecule has 0 aromatic heterocycles. The number of hydrogen-bond acceptors (Lipinski definition) is 3. The lowest BCUT2D eigenvalue weighted by Gasteiger charge is -2.37. The Bertz CT molecular complexity index is 615. The van der Waals surface area contributed by atoms with E-state index >= 15 is 0 Å². The average Bonchev–Trinajstić information content (AvgIpc) is 3.42. The zero-order chi connectivity index (χ0) is 17.0. The van der Waals surface area contributed by atoms with Crippen molar-refractivity contribution < 1.29 is 9.90 Å². The highest BCUT2D eigenvalue weighted by atomic mass is 16.3. The van der Waals surface area contributed by atoms with E-state index in [0.29, 0.717) is 12.1 Å².